The first-order valence-electron chi connectivity index (χ1n) is 5.79. The number of hydrogen-bond acceptors (Lipinski definition) is 7. The highest BCUT2D eigenvalue weighted by molar-refractivity contribution is 8.01. The van der Waals surface area contributed by atoms with Crippen LogP contribution in [0.4, 0.5) is 5.69 Å². The number of benzene rings is 1. The lowest BCUT2D eigenvalue weighted by molar-refractivity contribution is 0.586. The summed E-state index contributed by atoms with van der Waals surface area (Å²) >= 11 is 2.53. The zero-order chi connectivity index (χ0) is 14.8. The first-order valence-corrected chi connectivity index (χ1v) is 8.87. The van der Waals surface area contributed by atoms with Gasteiger partial charge in [-0.25, -0.2) is 18.1 Å². The Bertz CT molecular complexity index is 712. The van der Waals surface area contributed by atoms with E-state index in [0.717, 1.165) is 12.2 Å². The third kappa shape index (κ3) is 3.29. The molecule has 1 heterocycles. The molecule has 0 unspecified atom stereocenters. The van der Waals surface area contributed by atoms with Crippen LogP contribution >= 0.6 is 23.3 Å². The van der Waals surface area contributed by atoms with E-state index in [4.69, 9.17) is 5.73 Å². The number of nitrogens with two attached hydrogens (primary N) is 1. The van der Waals surface area contributed by atoms with E-state index in [2.05, 4.69) is 14.1 Å². The van der Waals surface area contributed by atoms with Crippen molar-refractivity contribution in [2.45, 2.75) is 27.5 Å². The summed E-state index contributed by atoms with van der Waals surface area (Å²) in [5, 5.41) is 0. The summed E-state index contributed by atoms with van der Waals surface area (Å²) in [5.74, 6) is 0.756. The van der Waals surface area contributed by atoms with Crippen LogP contribution in [-0.2, 0) is 16.4 Å². The summed E-state index contributed by atoms with van der Waals surface area (Å²) in [5.41, 5.74) is 6.07. The number of hydrogen-bond donors (Lipinski definition) is 2. The largest absolute Gasteiger partial charge is 0.399 e. The molecule has 0 radical (unpaired) electrons. The monoisotopic (exact) mass is 330 g/mol. The van der Waals surface area contributed by atoms with Crippen LogP contribution in [0.1, 0.15) is 12.7 Å². The summed E-state index contributed by atoms with van der Waals surface area (Å²) in [6.45, 7) is 1.97. The van der Waals surface area contributed by atoms with Gasteiger partial charge < -0.3 is 5.73 Å². The van der Waals surface area contributed by atoms with E-state index in [1.54, 1.807) is 12.1 Å². The van der Waals surface area contributed by atoms with Gasteiger partial charge in [-0.05, 0) is 36.8 Å². The Kier molecular flexibility index (Phi) is 4.63. The van der Waals surface area contributed by atoms with Crippen molar-refractivity contribution in [2.24, 2.45) is 0 Å². The smallest absolute Gasteiger partial charge is 0.241 e. The first kappa shape index (κ1) is 15.2. The van der Waals surface area contributed by atoms with Crippen molar-refractivity contribution >= 4 is 39.0 Å². The van der Waals surface area contributed by atoms with Crippen LogP contribution in [0.3, 0.4) is 0 Å². The Morgan fingerprint density at radius 3 is 2.80 bits per heavy atom. The fourth-order valence-electron chi connectivity index (χ4n) is 1.45. The first-order chi connectivity index (χ1) is 9.46. The van der Waals surface area contributed by atoms with Crippen LogP contribution in [0.15, 0.2) is 32.3 Å². The molecule has 0 amide bonds. The molecule has 108 valence electrons. The molecule has 20 heavy (non-hydrogen) atoms. The molecule has 0 atom stereocenters. The van der Waals surface area contributed by atoms with Crippen molar-refractivity contribution in [2.75, 3.05) is 12.8 Å². The van der Waals surface area contributed by atoms with Crippen LogP contribution in [0.5, 0.6) is 0 Å². The zero-order valence-corrected chi connectivity index (χ0v) is 13.4. The van der Waals surface area contributed by atoms with Crippen LogP contribution < -0.4 is 10.5 Å². The average molecular weight is 330 g/mol. The quantitative estimate of drug-likeness (QED) is 0.810. The molecule has 0 saturated carbocycles. The highest BCUT2D eigenvalue weighted by Gasteiger charge is 2.19. The lowest BCUT2D eigenvalue weighted by Crippen LogP contribution is -2.19. The van der Waals surface area contributed by atoms with Gasteiger partial charge in [-0.2, -0.15) is 4.37 Å². The van der Waals surface area contributed by atoms with Crippen LogP contribution in [0, 0.1) is 0 Å². The molecule has 9 heteroatoms. The van der Waals surface area contributed by atoms with Gasteiger partial charge in [-0.3, -0.25) is 0 Å². The molecule has 2 aromatic rings. The molecule has 0 aliphatic carbocycles. The van der Waals surface area contributed by atoms with Gasteiger partial charge in [-0.1, -0.05) is 18.7 Å². The lowest BCUT2D eigenvalue weighted by Gasteiger charge is -2.08. The Morgan fingerprint density at radius 2 is 2.20 bits per heavy atom. The summed E-state index contributed by atoms with van der Waals surface area (Å²) in [6, 6.07) is 4.78. The number of sulfonamides is 1. The third-order valence-electron chi connectivity index (χ3n) is 2.49. The van der Waals surface area contributed by atoms with E-state index in [0.29, 0.717) is 14.9 Å². The fourth-order valence-corrected chi connectivity index (χ4v) is 4.41. The predicted octanol–water partition coefficient (Wildman–Crippen LogP) is 1.74. The van der Waals surface area contributed by atoms with Crippen LogP contribution in [0.25, 0.3) is 0 Å². The minimum atomic E-state index is -3.56. The van der Waals surface area contributed by atoms with Crippen molar-refractivity contribution in [3.8, 4) is 0 Å². The number of nitrogens with zero attached hydrogens (tertiary/aromatic N) is 2. The van der Waals surface area contributed by atoms with Crippen molar-refractivity contribution in [3.63, 3.8) is 0 Å². The molecule has 0 bridgehead atoms. The summed E-state index contributed by atoms with van der Waals surface area (Å²) in [7, 11) is -2.20. The second-order valence-corrected chi connectivity index (χ2v) is 7.74. The number of nitrogen functional groups attached to an aromatic ring is 1. The minimum absolute atomic E-state index is 0.151. The topological polar surface area (TPSA) is 98.0 Å². The maximum Gasteiger partial charge on any atom is 0.241 e. The van der Waals surface area contributed by atoms with Crippen LogP contribution in [0.2, 0.25) is 0 Å². The average Bonchev–Trinajstić information content (AvgIpc) is 2.88. The molecule has 0 spiro atoms. The second-order valence-electron chi connectivity index (χ2n) is 3.85. The molecular formula is C11H14N4O2S3. The molecule has 3 N–H and O–H groups in total. The molecule has 6 nitrogen and oxygen atoms in total. The van der Waals surface area contributed by atoms with Gasteiger partial charge in [0, 0.05) is 17.0 Å². The van der Waals surface area contributed by atoms with Gasteiger partial charge in [0.05, 0.1) is 4.90 Å². The Labute approximate surface area is 126 Å². The molecule has 1 aromatic carbocycles. The van der Waals surface area contributed by atoms with E-state index in [1.165, 1.54) is 36.4 Å². The fraction of sp³-hybridized carbons (Fsp3) is 0.273. The van der Waals surface area contributed by atoms with Gasteiger partial charge in [0.15, 0.2) is 4.34 Å². The molecule has 0 saturated heterocycles. The van der Waals surface area contributed by atoms with Crippen molar-refractivity contribution < 1.29 is 8.42 Å². The van der Waals surface area contributed by atoms with Crippen molar-refractivity contribution in [3.05, 3.63) is 24.0 Å². The number of rotatable bonds is 5. The SMILES string of the molecule is CCc1nsc(Sc2ccc(N)cc2S(=O)(=O)NC)n1. The maximum atomic E-state index is 12.0. The highest BCUT2D eigenvalue weighted by atomic mass is 32.2. The summed E-state index contributed by atoms with van der Waals surface area (Å²) < 4.78 is 31.2. The van der Waals surface area contributed by atoms with E-state index >= 15 is 0 Å². The number of nitrogens with one attached hydrogen (secondary N) is 1. The minimum Gasteiger partial charge on any atom is -0.399 e. The molecule has 0 aliphatic rings. The third-order valence-corrected chi connectivity index (χ3v) is 5.94. The molecule has 0 aliphatic heterocycles. The van der Waals surface area contributed by atoms with Crippen molar-refractivity contribution in [1.82, 2.24) is 14.1 Å². The van der Waals surface area contributed by atoms with Crippen LogP contribution in [-0.4, -0.2) is 24.8 Å². The standard InChI is InChI=1S/C11H14N4O2S3/c1-3-10-14-11(19-15-10)18-8-5-4-7(12)6-9(8)20(16,17)13-2/h4-6,13H,3,12H2,1-2H3. The molecule has 2 rings (SSSR count). The second kappa shape index (κ2) is 6.08. The van der Waals surface area contributed by atoms with Crippen molar-refractivity contribution in [1.29, 1.82) is 0 Å². The van der Waals surface area contributed by atoms with E-state index in [-0.39, 0.29) is 4.90 Å². The highest BCUT2D eigenvalue weighted by Crippen LogP contribution is 2.34. The van der Waals surface area contributed by atoms with E-state index < -0.39 is 10.0 Å². The van der Waals surface area contributed by atoms with Gasteiger partial charge in [0.2, 0.25) is 10.0 Å². The van der Waals surface area contributed by atoms with Gasteiger partial charge in [0.25, 0.3) is 0 Å². The predicted molar refractivity (Wildman–Crippen MR) is 80.5 cm³/mol. The normalized spacial score (nSPS) is 11.7. The summed E-state index contributed by atoms with van der Waals surface area (Å²) in [6.07, 6.45) is 0.750. The lowest BCUT2D eigenvalue weighted by atomic mass is 10.3. The van der Waals surface area contributed by atoms with E-state index in [9.17, 15) is 8.42 Å². The Balaban J connectivity index is 2.41. The Morgan fingerprint density at radius 1 is 1.45 bits per heavy atom. The number of aryl methyl sites for hydroxylation is 1. The number of aromatic nitrogens is 2. The molecule has 1 aromatic heterocycles. The molecule has 0 fully saturated rings. The van der Waals surface area contributed by atoms with Gasteiger partial charge in [-0.15, -0.1) is 0 Å². The summed E-state index contributed by atoms with van der Waals surface area (Å²) in [4.78, 5) is 5.05. The van der Waals surface area contributed by atoms with Gasteiger partial charge >= 0.3 is 0 Å². The van der Waals surface area contributed by atoms with E-state index in [1.807, 2.05) is 6.92 Å². The van der Waals surface area contributed by atoms with Gasteiger partial charge in [0.1, 0.15) is 5.82 Å². The molecular weight excluding hydrogens is 316 g/mol. The Hall–Kier alpha value is -1.16. The number of anilines is 1. The zero-order valence-electron chi connectivity index (χ0n) is 11.0. The maximum absolute atomic E-state index is 12.0.